The van der Waals surface area contributed by atoms with E-state index in [1.54, 1.807) is 6.20 Å². The van der Waals surface area contributed by atoms with Gasteiger partial charge in [-0.25, -0.2) is 0 Å². The van der Waals surface area contributed by atoms with Crippen molar-refractivity contribution in [2.24, 2.45) is 11.3 Å². The number of amides is 1. The monoisotopic (exact) mass is 392 g/mol. The minimum Gasteiger partial charge on any atom is -0.381 e. The minimum absolute atomic E-state index is 0.221. The van der Waals surface area contributed by atoms with E-state index in [1.165, 1.54) is 37.7 Å². The largest absolute Gasteiger partial charge is 0.381 e. The molecule has 29 heavy (non-hydrogen) atoms. The third-order valence-electron chi connectivity index (χ3n) is 6.67. The van der Waals surface area contributed by atoms with Crippen LogP contribution in [0.5, 0.6) is 0 Å². The fourth-order valence-electron chi connectivity index (χ4n) is 4.85. The molecule has 0 spiro atoms. The van der Waals surface area contributed by atoms with Gasteiger partial charge in [0.15, 0.2) is 0 Å². The van der Waals surface area contributed by atoms with Crippen LogP contribution in [0.3, 0.4) is 0 Å². The van der Waals surface area contributed by atoms with Gasteiger partial charge in [-0.3, -0.25) is 9.78 Å². The molecule has 1 saturated heterocycles. The molecule has 4 nitrogen and oxygen atoms in total. The Bertz CT molecular complexity index is 793. The van der Waals surface area contributed by atoms with E-state index in [0.717, 1.165) is 36.9 Å². The molecule has 1 amide bonds. The van der Waals surface area contributed by atoms with Crippen LogP contribution in [0.25, 0.3) is 11.1 Å². The number of hydrogen-bond donors (Lipinski definition) is 1. The molecule has 0 radical (unpaired) electrons. The predicted molar refractivity (Wildman–Crippen MR) is 115 cm³/mol. The van der Waals surface area contributed by atoms with E-state index in [0.29, 0.717) is 19.1 Å². The van der Waals surface area contributed by atoms with Crippen LogP contribution >= 0.6 is 0 Å². The second-order valence-corrected chi connectivity index (χ2v) is 8.73. The molecule has 4 heteroatoms. The summed E-state index contributed by atoms with van der Waals surface area (Å²) in [6.45, 7) is 2.16. The summed E-state index contributed by atoms with van der Waals surface area (Å²) < 4.78 is 5.61. The van der Waals surface area contributed by atoms with Gasteiger partial charge in [-0.1, -0.05) is 49.6 Å². The van der Waals surface area contributed by atoms with Crippen molar-refractivity contribution >= 4 is 5.91 Å². The van der Waals surface area contributed by atoms with Gasteiger partial charge in [0.1, 0.15) is 0 Å². The molecule has 2 heterocycles. The fourth-order valence-corrected chi connectivity index (χ4v) is 4.85. The van der Waals surface area contributed by atoms with Gasteiger partial charge in [-0.15, -0.1) is 0 Å². The van der Waals surface area contributed by atoms with Crippen LogP contribution < -0.4 is 5.32 Å². The summed E-state index contributed by atoms with van der Waals surface area (Å²) in [7, 11) is 0. The summed E-state index contributed by atoms with van der Waals surface area (Å²) in [5.74, 6) is 0.872. The molecule has 1 N–H and O–H groups in total. The molecule has 1 saturated carbocycles. The van der Waals surface area contributed by atoms with Crippen LogP contribution in [-0.4, -0.2) is 30.6 Å². The Labute approximate surface area is 174 Å². The van der Waals surface area contributed by atoms with Gasteiger partial charge in [0.05, 0.1) is 5.41 Å². The van der Waals surface area contributed by atoms with Crippen LogP contribution in [0.4, 0.5) is 0 Å². The average molecular weight is 393 g/mol. The number of benzene rings is 1. The number of hydrogen-bond acceptors (Lipinski definition) is 3. The minimum atomic E-state index is -0.361. The van der Waals surface area contributed by atoms with Gasteiger partial charge >= 0.3 is 0 Å². The molecule has 154 valence electrons. The van der Waals surface area contributed by atoms with Gasteiger partial charge in [0.2, 0.25) is 5.91 Å². The smallest absolute Gasteiger partial charge is 0.226 e. The molecule has 2 aliphatic rings. The number of aromatic nitrogens is 1. The first-order valence-corrected chi connectivity index (χ1v) is 11.1. The number of pyridine rings is 1. The van der Waals surface area contributed by atoms with Crippen molar-refractivity contribution in [1.29, 1.82) is 0 Å². The van der Waals surface area contributed by atoms with Crippen molar-refractivity contribution < 1.29 is 9.53 Å². The van der Waals surface area contributed by atoms with Crippen molar-refractivity contribution in [3.05, 3.63) is 54.4 Å². The summed E-state index contributed by atoms with van der Waals surface area (Å²) in [4.78, 5) is 17.6. The Morgan fingerprint density at radius 1 is 1.07 bits per heavy atom. The Balaban J connectivity index is 1.48. The molecular formula is C25H32N2O2. The molecule has 1 aromatic heterocycles. The number of ether oxygens (including phenoxy) is 1. The van der Waals surface area contributed by atoms with Crippen LogP contribution in [-0.2, 0) is 16.0 Å². The lowest BCUT2D eigenvalue weighted by Gasteiger charge is -2.36. The molecular weight excluding hydrogens is 360 g/mol. The summed E-state index contributed by atoms with van der Waals surface area (Å²) in [6, 6.07) is 12.6. The molecule has 2 aromatic rings. The fraction of sp³-hybridized carbons (Fsp3) is 0.520. The first-order valence-electron chi connectivity index (χ1n) is 11.1. The molecule has 1 aromatic carbocycles. The second kappa shape index (κ2) is 9.53. The van der Waals surface area contributed by atoms with E-state index in [2.05, 4.69) is 40.6 Å². The van der Waals surface area contributed by atoms with Gasteiger partial charge in [-0.05, 0) is 60.8 Å². The summed E-state index contributed by atoms with van der Waals surface area (Å²) in [5, 5.41) is 3.32. The van der Waals surface area contributed by atoms with Crippen LogP contribution in [0.2, 0.25) is 0 Å². The van der Waals surface area contributed by atoms with Crippen molar-refractivity contribution in [1.82, 2.24) is 10.3 Å². The standard InChI is InChI=1S/C25H32N2O2/c28-24(27-18-20-6-2-1-3-7-20)25(11-14-29-15-12-25)17-21-8-4-9-22(16-21)23-10-5-13-26-19-23/h4-5,8-10,13,16,19-20H,1-3,6-7,11-12,14-15,17-18H2,(H,27,28). The lowest BCUT2D eigenvalue weighted by Crippen LogP contribution is -2.47. The van der Waals surface area contributed by atoms with E-state index < -0.39 is 0 Å². The summed E-state index contributed by atoms with van der Waals surface area (Å²) >= 11 is 0. The van der Waals surface area contributed by atoms with Crippen LogP contribution in [0.1, 0.15) is 50.5 Å². The number of carbonyl (C=O) groups is 1. The number of nitrogens with zero attached hydrogens (tertiary/aromatic N) is 1. The first-order chi connectivity index (χ1) is 14.3. The summed E-state index contributed by atoms with van der Waals surface area (Å²) in [6.07, 6.45) is 12.5. The number of nitrogens with one attached hydrogen (secondary N) is 1. The van der Waals surface area contributed by atoms with E-state index in [4.69, 9.17) is 4.74 Å². The third-order valence-corrected chi connectivity index (χ3v) is 6.67. The zero-order valence-electron chi connectivity index (χ0n) is 17.2. The van der Waals surface area contributed by atoms with Gasteiger partial charge < -0.3 is 10.1 Å². The maximum absolute atomic E-state index is 13.3. The Hall–Kier alpha value is -2.20. The highest BCUT2D eigenvalue weighted by molar-refractivity contribution is 5.83. The Morgan fingerprint density at radius 3 is 2.62 bits per heavy atom. The van der Waals surface area contributed by atoms with Crippen LogP contribution in [0, 0.1) is 11.3 Å². The maximum atomic E-state index is 13.3. The number of carbonyl (C=O) groups excluding carboxylic acids is 1. The zero-order chi connectivity index (χ0) is 19.9. The van der Waals surface area contributed by atoms with Crippen molar-refractivity contribution in [3.63, 3.8) is 0 Å². The Kier molecular flexibility index (Phi) is 6.60. The topological polar surface area (TPSA) is 51.2 Å². The van der Waals surface area contributed by atoms with Crippen molar-refractivity contribution in [2.45, 2.75) is 51.4 Å². The van der Waals surface area contributed by atoms with E-state index in [9.17, 15) is 4.79 Å². The number of rotatable bonds is 6. The van der Waals surface area contributed by atoms with E-state index >= 15 is 0 Å². The van der Waals surface area contributed by atoms with Gasteiger partial charge in [0.25, 0.3) is 0 Å². The lowest BCUT2D eigenvalue weighted by molar-refractivity contribution is -0.136. The molecule has 0 atom stereocenters. The molecule has 4 rings (SSSR count). The molecule has 0 unspecified atom stereocenters. The molecule has 2 fully saturated rings. The van der Waals surface area contributed by atoms with Crippen molar-refractivity contribution in [2.75, 3.05) is 19.8 Å². The highest BCUT2D eigenvalue weighted by atomic mass is 16.5. The molecule has 1 aliphatic carbocycles. The molecule has 1 aliphatic heterocycles. The van der Waals surface area contributed by atoms with Gasteiger partial charge in [0, 0.05) is 32.2 Å². The average Bonchev–Trinajstić information content (AvgIpc) is 2.79. The van der Waals surface area contributed by atoms with Gasteiger partial charge in [-0.2, -0.15) is 0 Å². The Morgan fingerprint density at radius 2 is 1.86 bits per heavy atom. The van der Waals surface area contributed by atoms with Crippen LogP contribution in [0.15, 0.2) is 48.8 Å². The third kappa shape index (κ3) is 5.05. The first kappa shape index (κ1) is 20.1. The van der Waals surface area contributed by atoms with E-state index in [-0.39, 0.29) is 11.3 Å². The molecule has 0 bridgehead atoms. The maximum Gasteiger partial charge on any atom is 0.226 e. The lowest BCUT2D eigenvalue weighted by atomic mass is 9.74. The SMILES string of the molecule is O=C(NCC1CCCCC1)C1(Cc2cccc(-c3cccnc3)c2)CCOCC1. The normalized spacial score (nSPS) is 19.6. The second-order valence-electron chi connectivity index (χ2n) is 8.73. The predicted octanol–water partition coefficient (Wildman–Crippen LogP) is 4.78. The quantitative estimate of drug-likeness (QED) is 0.769. The van der Waals surface area contributed by atoms with E-state index in [1.807, 2.05) is 12.3 Å². The zero-order valence-corrected chi connectivity index (χ0v) is 17.2. The highest BCUT2D eigenvalue weighted by Crippen LogP contribution is 2.36. The summed E-state index contributed by atoms with van der Waals surface area (Å²) in [5.41, 5.74) is 3.11. The van der Waals surface area contributed by atoms with Crippen molar-refractivity contribution in [3.8, 4) is 11.1 Å². The highest BCUT2D eigenvalue weighted by Gasteiger charge is 2.40.